The van der Waals surface area contributed by atoms with Crippen LogP contribution < -0.4 is 0 Å². The van der Waals surface area contributed by atoms with Gasteiger partial charge in [-0.1, -0.05) is 16.8 Å². The minimum Gasteiger partial charge on any atom is -0.359 e. The van der Waals surface area contributed by atoms with Crippen molar-refractivity contribution in [3.8, 4) is 11.3 Å². The van der Waals surface area contributed by atoms with Gasteiger partial charge in [-0.05, 0) is 30.3 Å². The Morgan fingerprint density at radius 1 is 1.25 bits per heavy atom. The summed E-state index contributed by atoms with van der Waals surface area (Å²) in [5.41, 5.74) is 1.62. The van der Waals surface area contributed by atoms with E-state index < -0.39 is 11.7 Å². The van der Waals surface area contributed by atoms with Gasteiger partial charge in [0.05, 0.1) is 17.1 Å². The molecule has 122 valence electrons. The van der Waals surface area contributed by atoms with Gasteiger partial charge in [0.1, 0.15) is 11.5 Å². The van der Waals surface area contributed by atoms with Gasteiger partial charge in [-0.2, -0.15) is 0 Å². The zero-order chi connectivity index (χ0) is 17.1. The normalized spacial score (nSPS) is 10.6. The first kappa shape index (κ1) is 16.1. The first-order chi connectivity index (χ1) is 11.5. The fraction of sp³-hybridized carbons (Fsp3) is 0.118. The second-order valence-corrected chi connectivity index (χ2v) is 5.61. The van der Waals surface area contributed by atoms with Gasteiger partial charge >= 0.3 is 0 Å². The molecule has 2 aromatic heterocycles. The Morgan fingerprint density at radius 3 is 2.75 bits per heavy atom. The van der Waals surface area contributed by atoms with Crippen molar-refractivity contribution < 1.29 is 13.7 Å². The maximum Gasteiger partial charge on any atom is 0.255 e. The first-order valence-corrected chi connectivity index (χ1v) is 7.49. The number of rotatable bonds is 4. The zero-order valence-electron chi connectivity index (χ0n) is 12.7. The van der Waals surface area contributed by atoms with E-state index in [1.165, 1.54) is 17.0 Å². The first-order valence-electron chi connectivity index (χ1n) is 7.11. The molecule has 0 bridgehead atoms. The fourth-order valence-electron chi connectivity index (χ4n) is 2.22. The van der Waals surface area contributed by atoms with Crippen LogP contribution in [0.15, 0.2) is 53.3 Å². The van der Waals surface area contributed by atoms with Crippen LogP contribution in [0.3, 0.4) is 0 Å². The van der Waals surface area contributed by atoms with Gasteiger partial charge in [0.25, 0.3) is 5.91 Å². The summed E-state index contributed by atoms with van der Waals surface area (Å²) in [7, 11) is 1.58. The van der Waals surface area contributed by atoms with Crippen LogP contribution in [0.25, 0.3) is 11.3 Å². The Balaban J connectivity index is 1.75. The minimum atomic E-state index is -0.518. The summed E-state index contributed by atoms with van der Waals surface area (Å²) in [6.07, 6.45) is 3.32. The lowest BCUT2D eigenvalue weighted by Crippen LogP contribution is -2.26. The van der Waals surface area contributed by atoms with E-state index in [1.54, 1.807) is 25.5 Å². The van der Waals surface area contributed by atoms with Crippen LogP contribution in [0.5, 0.6) is 0 Å². The molecular formula is C17H13ClFN3O2. The third kappa shape index (κ3) is 3.44. The standard InChI is InChI=1S/C17H13ClFN3O2/c1-22(17(23)14-8-12(19)2-3-15(14)18)10-13-9-16(21-24-13)11-4-6-20-7-5-11/h2-9H,10H2,1H3. The van der Waals surface area contributed by atoms with Crippen molar-refractivity contribution in [3.63, 3.8) is 0 Å². The maximum atomic E-state index is 13.3. The van der Waals surface area contributed by atoms with Gasteiger partial charge in [0.15, 0.2) is 5.76 Å². The summed E-state index contributed by atoms with van der Waals surface area (Å²) in [5.74, 6) is -0.415. The van der Waals surface area contributed by atoms with Crippen LogP contribution in [-0.2, 0) is 6.54 Å². The minimum absolute atomic E-state index is 0.105. The molecule has 0 aliphatic carbocycles. The highest BCUT2D eigenvalue weighted by molar-refractivity contribution is 6.33. The van der Waals surface area contributed by atoms with Crippen LogP contribution in [0.2, 0.25) is 5.02 Å². The third-order valence-corrected chi connectivity index (χ3v) is 3.76. The van der Waals surface area contributed by atoms with E-state index in [0.29, 0.717) is 11.5 Å². The smallest absolute Gasteiger partial charge is 0.255 e. The van der Waals surface area contributed by atoms with Gasteiger partial charge < -0.3 is 9.42 Å². The number of aromatic nitrogens is 2. The summed E-state index contributed by atoms with van der Waals surface area (Å²) in [6, 6.07) is 9.03. The van der Waals surface area contributed by atoms with Crippen LogP contribution in [0, 0.1) is 5.82 Å². The van der Waals surface area contributed by atoms with E-state index >= 15 is 0 Å². The molecule has 0 spiro atoms. The molecule has 2 heterocycles. The van der Waals surface area contributed by atoms with Crippen molar-refractivity contribution >= 4 is 17.5 Å². The van der Waals surface area contributed by atoms with Crippen molar-refractivity contribution in [3.05, 3.63) is 71.0 Å². The van der Waals surface area contributed by atoms with Crippen LogP contribution in [-0.4, -0.2) is 28.0 Å². The van der Waals surface area contributed by atoms with E-state index in [0.717, 1.165) is 11.6 Å². The van der Waals surface area contributed by atoms with E-state index in [-0.39, 0.29) is 17.1 Å². The summed E-state index contributed by atoms with van der Waals surface area (Å²) in [5, 5.41) is 4.17. The molecule has 5 nitrogen and oxygen atoms in total. The highest BCUT2D eigenvalue weighted by Gasteiger charge is 2.18. The monoisotopic (exact) mass is 345 g/mol. The van der Waals surface area contributed by atoms with Crippen molar-refractivity contribution in [2.24, 2.45) is 0 Å². The maximum absolute atomic E-state index is 13.3. The van der Waals surface area contributed by atoms with E-state index in [9.17, 15) is 9.18 Å². The molecule has 0 aliphatic rings. The molecule has 0 atom stereocenters. The number of nitrogens with zero attached hydrogens (tertiary/aromatic N) is 3. The number of carbonyl (C=O) groups is 1. The second kappa shape index (κ2) is 6.80. The molecule has 0 unspecified atom stereocenters. The molecule has 0 aliphatic heterocycles. The van der Waals surface area contributed by atoms with Crippen LogP contribution >= 0.6 is 11.6 Å². The number of pyridine rings is 1. The Morgan fingerprint density at radius 2 is 2.00 bits per heavy atom. The SMILES string of the molecule is CN(Cc1cc(-c2ccncc2)no1)C(=O)c1cc(F)ccc1Cl. The average Bonchev–Trinajstić information content (AvgIpc) is 3.05. The largest absolute Gasteiger partial charge is 0.359 e. The molecule has 3 rings (SSSR count). The molecule has 1 aromatic carbocycles. The van der Waals surface area contributed by atoms with Crippen LogP contribution in [0.4, 0.5) is 4.39 Å². The third-order valence-electron chi connectivity index (χ3n) is 3.43. The lowest BCUT2D eigenvalue weighted by Gasteiger charge is -2.16. The Kier molecular flexibility index (Phi) is 4.57. The van der Waals surface area contributed by atoms with Crippen molar-refractivity contribution in [2.45, 2.75) is 6.54 Å². The number of benzene rings is 1. The highest BCUT2D eigenvalue weighted by atomic mass is 35.5. The number of hydrogen-bond acceptors (Lipinski definition) is 4. The molecule has 1 amide bonds. The van der Waals surface area contributed by atoms with Crippen molar-refractivity contribution in [2.75, 3.05) is 7.05 Å². The molecule has 24 heavy (non-hydrogen) atoms. The summed E-state index contributed by atoms with van der Waals surface area (Å²) >= 11 is 5.97. The molecule has 0 N–H and O–H groups in total. The molecule has 0 saturated carbocycles. The highest BCUT2D eigenvalue weighted by Crippen LogP contribution is 2.21. The lowest BCUT2D eigenvalue weighted by molar-refractivity contribution is 0.0772. The average molecular weight is 346 g/mol. The van der Waals surface area contributed by atoms with Gasteiger partial charge in [-0.25, -0.2) is 4.39 Å². The number of halogens is 2. The summed E-state index contributed by atoms with van der Waals surface area (Å²) in [4.78, 5) is 17.7. The molecule has 7 heteroatoms. The topological polar surface area (TPSA) is 59.2 Å². The Hall–Kier alpha value is -2.73. The predicted octanol–water partition coefficient (Wildman–Crippen LogP) is 3.80. The number of amides is 1. The van der Waals surface area contributed by atoms with Gasteiger partial charge in [0.2, 0.25) is 0 Å². The quantitative estimate of drug-likeness (QED) is 0.721. The van der Waals surface area contributed by atoms with Crippen LogP contribution in [0.1, 0.15) is 16.1 Å². The Bertz CT molecular complexity index is 867. The fourth-order valence-corrected chi connectivity index (χ4v) is 2.42. The molecule has 3 aromatic rings. The van der Waals surface area contributed by atoms with Gasteiger partial charge in [-0.15, -0.1) is 0 Å². The molecule has 0 saturated heterocycles. The van der Waals surface area contributed by atoms with E-state index in [1.807, 2.05) is 12.1 Å². The number of hydrogen-bond donors (Lipinski definition) is 0. The zero-order valence-corrected chi connectivity index (χ0v) is 13.5. The predicted molar refractivity (Wildman–Crippen MR) is 86.9 cm³/mol. The Labute approximate surface area is 142 Å². The van der Waals surface area contributed by atoms with Gasteiger partial charge in [0, 0.05) is 31.1 Å². The molecule has 0 radical (unpaired) electrons. The van der Waals surface area contributed by atoms with Crippen molar-refractivity contribution in [1.82, 2.24) is 15.0 Å². The summed E-state index contributed by atoms with van der Waals surface area (Å²) < 4.78 is 18.6. The number of carbonyl (C=O) groups excluding carboxylic acids is 1. The van der Waals surface area contributed by atoms with E-state index in [2.05, 4.69) is 10.1 Å². The molecular weight excluding hydrogens is 333 g/mol. The van der Waals surface area contributed by atoms with Crippen molar-refractivity contribution in [1.29, 1.82) is 0 Å². The van der Waals surface area contributed by atoms with Gasteiger partial charge in [-0.3, -0.25) is 9.78 Å². The van der Waals surface area contributed by atoms with E-state index in [4.69, 9.17) is 16.1 Å². The second-order valence-electron chi connectivity index (χ2n) is 5.20. The summed E-state index contributed by atoms with van der Waals surface area (Å²) in [6.45, 7) is 0.184. The lowest BCUT2D eigenvalue weighted by atomic mass is 10.2. The molecule has 0 fully saturated rings.